The molecule has 0 unspecified atom stereocenters. The van der Waals surface area contributed by atoms with E-state index in [4.69, 9.17) is 4.74 Å². The van der Waals surface area contributed by atoms with E-state index in [1.54, 1.807) is 0 Å². The van der Waals surface area contributed by atoms with Gasteiger partial charge in [0, 0.05) is 49.3 Å². The van der Waals surface area contributed by atoms with E-state index in [2.05, 4.69) is 46.5 Å². The lowest BCUT2D eigenvalue weighted by atomic mass is 9.92. The number of morpholine rings is 1. The summed E-state index contributed by atoms with van der Waals surface area (Å²) >= 11 is 0. The minimum absolute atomic E-state index is 0.0796. The van der Waals surface area contributed by atoms with Crippen LogP contribution in [-0.2, 0) is 11.2 Å². The highest BCUT2D eigenvalue weighted by Gasteiger charge is 2.27. The molecule has 0 radical (unpaired) electrons. The van der Waals surface area contributed by atoms with Crippen molar-refractivity contribution in [1.29, 1.82) is 0 Å². The molecular weight excluding hydrogens is 352 g/mol. The molecule has 2 aromatic rings. The van der Waals surface area contributed by atoms with Crippen LogP contribution in [0.3, 0.4) is 0 Å². The average Bonchev–Trinajstić information content (AvgIpc) is 3.15. The molecule has 1 saturated heterocycles. The Labute approximate surface area is 168 Å². The van der Waals surface area contributed by atoms with E-state index in [9.17, 15) is 4.79 Å². The lowest BCUT2D eigenvalue weighted by Gasteiger charge is -2.38. The number of urea groups is 1. The topological polar surface area (TPSA) is 69.4 Å². The van der Waals surface area contributed by atoms with Crippen LogP contribution in [0.4, 0.5) is 4.79 Å². The zero-order valence-electron chi connectivity index (χ0n) is 17.2. The van der Waals surface area contributed by atoms with Crippen LogP contribution in [-0.4, -0.2) is 61.3 Å². The molecule has 3 N–H and O–H groups in total. The van der Waals surface area contributed by atoms with Gasteiger partial charge in [-0.2, -0.15) is 0 Å². The van der Waals surface area contributed by atoms with Crippen molar-refractivity contribution < 1.29 is 9.53 Å². The number of nitrogens with one attached hydrogen (secondary N) is 3. The molecule has 2 amide bonds. The number of H-pyrrole nitrogens is 1. The second-order valence-electron chi connectivity index (χ2n) is 7.54. The van der Waals surface area contributed by atoms with Crippen LogP contribution in [0.5, 0.6) is 0 Å². The molecule has 3 rings (SSSR count). The maximum atomic E-state index is 12.3. The Morgan fingerprint density at radius 3 is 2.68 bits per heavy atom. The number of hydrogen-bond donors (Lipinski definition) is 3. The Bertz CT molecular complexity index is 735. The van der Waals surface area contributed by atoms with Crippen molar-refractivity contribution >= 4 is 16.9 Å². The molecule has 28 heavy (non-hydrogen) atoms. The van der Waals surface area contributed by atoms with Gasteiger partial charge < -0.3 is 20.4 Å². The van der Waals surface area contributed by atoms with Gasteiger partial charge in [0.05, 0.1) is 13.2 Å². The van der Waals surface area contributed by atoms with E-state index < -0.39 is 0 Å². The lowest BCUT2D eigenvalue weighted by Crippen LogP contribution is -2.53. The number of hydrogen-bond acceptors (Lipinski definition) is 3. The van der Waals surface area contributed by atoms with Gasteiger partial charge in [0.25, 0.3) is 0 Å². The van der Waals surface area contributed by atoms with Crippen LogP contribution in [0.1, 0.15) is 32.3 Å². The number of nitrogens with zero attached hydrogens (tertiary/aromatic N) is 1. The summed E-state index contributed by atoms with van der Waals surface area (Å²) in [4.78, 5) is 18.1. The van der Waals surface area contributed by atoms with Crippen LogP contribution < -0.4 is 10.6 Å². The number of fused-ring (bicyclic) bond motifs is 1. The quantitative estimate of drug-likeness (QED) is 0.620. The van der Waals surface area contributed by atoms with Crippen LogP contribution in [0.15, 0.2) is 30.5 Å². The number of benzene rings is 1. The SMILES string of the molecule is CCC(CC)[C@H](CNC(=O)NCCc1c[nH]c2ccccc12)N1CCOCC1. The van der Waals surface area contributed by atoms with E-state index in [1.165, 1.54) is 10.9 Å². The fourth-order valence-corrected chi connectivity index (χ4v) is 4.24. The van der Waals surface area contributed by atoms with Crippen LogP contribution in [0.2, 0.25) is 0 Å². The van der Waals surface area contributed by atoms with Gasteiger partial charge >= 0.3 is 6.03 Å². The third kappa shape index (κ3) is 5.26. The number of para-hydroxylation sites is 1. The number of carbonyl (C=O) groups is 1. The molecule has 1 aromatic heterocycles. The molecule has 0 saturated carbocycles. The van der Waals surface area contributed by atoms with Gasteiger partial charge in [-0.3, -0.25) is 4.90 Å². The predicted octanol–water partition coefficient (Wildman–Crippen LogP) is 3.15. The average molecular weight is 387 g/mol. The number of ether oxygens (including phenoxy) is 1. The molecule has 1 fully saturated rings. The van der Waals surface area contributed by atoms with Crippen molar-refractivity contribution in [3.8, 4) is 0 Å². The minimum Gasteiger partial charge on any atom is -0.379 e. The Morgan fingerprint density at radius 1 is 1.18 bits per heavy atom. The summed E-state index contributed by atoms with van der Waals surface area (Å²) in [6.07, 6.45) is 5.10. The number of carbonyl (C=O) groups excluding carboxylic acids is 1. The summed E-state index contributed by atoms with van der Waals surface area (Å²) in [5, 5.41) is 7.35. The summed E-state index contributed by atoms with van der Waals surface area (Å²) in [5.41, 5.74) is 2.37. The predicted molar refractivity (Wildman–Crippen MR) is 114 cm³/mol. The van der Waals surface area contributed by atoms with Gasteiger partial charge in [-0.05, 0) is 24.0 Å². The van der Waals surface area contributed by atoms with Crippen LogP contribution in [0, 0.1) is 5.92 Å². The third-order valence-corrected chi connectivity index (χ3v) is 5.93. The van der Waals surface area contributed by atoms with E-state index >= 15 is 0 Å². The molecule has 0 aliphatic carbocycles. The van der Waals surface area contributed by atoms with Gasteiger partial charge in [0.1, 0.15) is 0 Å². The van der Waals surface area contributed by atoms with Gasteiger partial charge in [-0.25, -0.2) is 4.79 Å². The van der Waals surface area contributed by atoms with Crippen molar-refractivity contribution in [2.45, 2.75) is 39.2 Å². The maximum Gasteiger partial charge on any atom is 0.314 e. The normalized spacial score (nSPS) is 16.4. The van der Waals surface area contributed by atoms with E-state index in [-0.39, 0.29) is 6.03 Å². The maximum absolute atomic E-state index is 12.3. The molecule has 1 aliphatic rings. The zero-order chi connectivity index (χ0) is 19.8. The molecule has 6 nitrogen and oxygen atoms in total. The fourth-order valence-electron chi connectivity index (χ4n) is 4.24. The molecule has 2 heterocycles. The molecular formula is C22H34N4O2. The molecule has 1 aliphatic heterocycles. The van der Waals surface area contributed by atoms with Gasteiger partial charge in [0.15, 0.2) is 0 Å². The second-order valence-corrected chi connectivity index (χ2v) is 7.54. The smallest absolute Gasteiger partial charge is 0.314 e. The number of rotatable bonds is 9. The summed E-state index contributed by atoms with van der Waals surface area (Å²) in [7, 11) is 0. The zero-order valence-corrected chi connectivity index (χ0v) is 17.2. The fraction of sp³-hybridized carbons (Fsp3) is 0.591. The van der Waals surface area contributed by atoms with E-state index in [0.29, 0.717) is 25.0 Å². The first-order chi connectivity index (χ1) is 13.7. The van der Waals surface area contributed by atoms with Gasteiger partial charge in [-0.1, -0.05) is 44.9 Å². The first kappa shape index (κ1) is 20.7. The summed E-state index contributed by atoms with van der Waals surface area (Å²) < 4.78 is 5.50. The Morgan fingerprint density at radius 2 is 1.93 bits per heavy atom. The third-order valence-electron chi connectivity index (χ3n) is 5.93. The highest BCUT2D eigenvalue weighted by molar-refractivity contribution is 5.83. The van der Waals surface area contributed by atoms with Gasteiger partial charge in [-0.15, -0.1) is 0 Å². The van der Waals surface area contributed by atoms with Crippen molar-refractivity contribution in [2.75, 3.05) is 39.4 Å². The second kappa shape index (κ2) is 10.5. The summed E-state index contributed by atoms with van der Waals surface area (Å²) in [5.74, 6) is 0.588. The summed E-state index contributed by atoms with van der Waals surface area (Å²) in [6, 6.07) is 8.55. The van der Waals surface area contributed by atoms with Crippen LogP contribution in [0.25, 0.3) is 10.9 Å². The van der Waals surface area contributed by atoms with Crippen molar-refractivity contribution in [3.05, 3.63) is 36.0 Å². The molecule has 1 aromatic carbocycles. The van der Waals surface area contributed by atoms with E-state index in [1.807, 2.05) is 18.3 Å². The van der Waals surface area contributed by atoms with Crippen molar-refractivity contribution in [2.24, 2.45) is 5.92 Å². The first-order valence-corrected chi connectivity index (χ1v) is 10.6. The van der Waals surface area contributed by atoms with Crippen molar-refractivity contribution in [3.63, 3.8) is 0 Å². The Balaban J connectivity index is 1.47. The monoisotopic (exact) mass is 386 g/mol. The summed E-state index contributed by atoms with van der Waals surface area (Å²) in [6.45, 7) is 9.26. The number of aromatic amines is 1. The van der Waals surface area contributed by atoms with Crippen LogP contribution >= 0.6 is 0 Å². The largest absolute Gasteiger partial charge is 0.379 e. The standard InChI is InChI=1S/C22H34N4O2/c1-3-17(4-2)21(26-11-13-28-14-12-26)16-25-22(27)23-10-9-18-15-24-20-8-6-5-7-19(18)20/h5-8,15,17,21,24H,3-4,9-14,16H2,1-2H3,(H2,23,25,27)/t21-/m0/s1. The number of amides is 2. The Kier molecular flexibility index (Phi) is 7.74. The van der Waals surface area contributed by atoms with Crippen molar-refractivity contribution in [1.82, 2.24) is 20.5 Å². The Hall–Kier alpha value is -2.05. The van der Waals surface area contributed by atoms with Gasteiger partial charge in [0.2, 0.25) is 0 Å². The molecule has 1 atom stereocenters. The first-order valence-electron chi connectivity index (χ1n) is 10.6. The number of aromatic nitrogens is 1. The molecule has 0 bridgehead atoms. The molecule has 0 spiro atoms. The highest BCUT2D eigenvalue weighted by Crippen LogP contribution is 2.20. The molecule has 6 heteroatoms. The minimum atomic E-state index is -0.0796. The van der Waals surface area contributed by atoms with E-state index in [0.717, 1.165) is 51.1 Å². The molecule has 154 valence electrons. The highest BCUT2D eigenvalue weighted by atomic mass is 16.5. The lowest BCUT2D eigenvalue weighted by molar-refractivity contribution is 0.00238.